The van der Waals surface area contributed by atoms with Crippen molar-refractivity contribution >= 4 is 5.91 Å². The first-order chi connectivity index (χ1) is 11.4. The third-order valence-electron chi connectivity index (χ3n) is 4.70. The fourth-order valence-corrected chi connectivity index (χ4v) is 3.27. The lowest BCUT2D eigenvalue weighted by Crippen LogP contribution is -2.49. The second kappa shape index (κ2) is 6.56. The summed E-state index contributed by atoms with van der Waals surface area (Å²) in [5.74, 6) is -2.94. The Balaban J connectivity index is 1.60. The van der Waals surface area contributed by atoms with Crippen LogP contribution in [0.5, 0.6) is 0 Å². The summed E-state index contributed by atoms with van der Waals surface area (Å²) in [5, 5.41) is 10.2. The highest BCUT2D eigenvalue weighted by Crippen LogP contribution is 2.30. The lowest BCUT2D eigenvalue weighted by Gasteiger charge is -2.36. The van der Waals surface area contributed by atoms with Crippen molar-refractivity contribution in [2.45, 2.75) is 37.5 Å². The van der Waals surface area contributed by atoms with Crippen LogP contribution < -0.4 is 5.69 Å². The Morgan fingerprint density at radius 2 is 2.04 bits per heavy atom. The lowest BCUT2D eigenvalue weighted by atomic mass is 10.0. The minimum atomic E-state index is -2.64. The summed E-state index contributed by atoms with van der Waals surface area (Å²) in [5.41, 5.74) is -0.514. The maximum atomic E-state index is 13.3. The molecule has 132 valence electrons. The molecule has 0 aromatic carbocycles. The van der Waals surface area contributed by atoms with E-state index in [9.17, 15) is 23.5 Å². The SMILES string of the molecule is O=C(Cn1cccnc1=O)N1C[C@@H](O)[C@H](N2CCC(F)(F)CC2)C1. The van der Waals surface area contributed by atoms with E-state index in [1.807, 2.05) is 4.90 Å². The van der Waals surface area contributed by atoms with Gasteiger partial charge < -0.3 is 10.0 Å². The largest absolute Gasteiger partial charge is 0.390 e. The van der Waals surface area contributed by atoms with Gasteiger partial charge in [-0.05, 0) is 6.07 Å². The third-order valence-corrected chi connectivity index (χ3v) is 4.70. The molecule has 0 unspecified atom stereocenters. The van der Waals surface area contributed by atoms with E-state index in [0.717, 1.165) is 0 Å². The molecule has 2 atom stereocenters. The van der Waals surface area contributed by atoms with Gasteiger partial charge in [0.05, 0.1) is 12.1 Å². The summed E-state index contributed by atoms with van der Waals surface area (Å²) in [6, 6.07) is 1.22. The van der Waals surface area contributed by atoms with Crippen molar-refractivity contribution in [3.05, 3.63) is 28.9 Å². The molecule has 1 N–H and O–H groups in total. The summed E-state index contributed by atoms with van der Waals surface area (Å²) in [6.07, 6.45) is 1.60. The van der Waals surface area contributed by atoms with Crippen molar-refractivity contribution in [1.82, 2.24) is 19.4 Å². The normalized spacial score (nSPS) is 27.4. The summed E-state index contributed by atoms with van der Waals surface area (Å²) in [6.45, 7) is 0.688. The second-order valence-corrected chi connectivity index (χ2v) is 6.36. The Morgan fingerprint density at radius 1 is 1.33 bits per heavy atom. The molecule has 3 rings (SSSR count). The first-order valence-corrected chi connectivity index (χ1v) is 7.95. The smallest absolute Gasteiger partial charge is 0.347 e. The minimum Gasteiger partial charge on any atom is -0.390 e. The maximum absolute atomic E-state index is 13.3. The average Bonchev–Trinajstić information content (AvgIpc) is 2.92. The molecule has 2 aliphatic rings. The van der Waals surface area contributed by atoms with Crippen LogP contribution in [0.1, 0.15) is 12.8 Å². The molecule has 2 aliphatic heterocycles. The first kappa shape index (κ1) is 17.0. The maximum Gasteiger partial charge on any atom is 0.347 e. The molecular formula is C15H20F2N4O3. The van der Waals surface area contributed by atoms with Gasteiger partial charge in [0.1, 0.15) is 6.54 Å². The summed E-state index contributed by atoms with van der Waals surface area (Å²) >= 11 is 0. The lowest BCUT2D eigenvalue weighted by molar-refractivity contribution is -0.131. The van der Waals surface area contributed by atoms with Crippen LogP contribution in [0.4, 0.5) is 8.78 Å². The molecule has 1 amide bonds. The van der Waals surface area contributed by atoms with Gasteiger partial charge >= 0.3 is 5.69 Å². The molecule has 0 radical (unpaired) electrons. The second-order valence-electron chi connectivity index (χ2n) is 6.36. The Morgan fingerprint density at radius 3 is 2.71 bits per heavy atom. The van der Waals surface area contributed by atoms with Crippen molar-refractivity contribution in [3.63, 3.8) is 0 Å². The molecule has 9 heteroatoms. The van der Waals surface area contributed by atoms with Gasteiger partial charge in [-0.2, -0.15) is 0 Å². The molecule has 1 aromatic rings. The quantitative estimate of drug-likeness (QED) is 0.805. The van der Waals surface area contributed by atoms with E-state index in [0.29, 0.717) is 0 Å². The number of aromatic nitrogens is 2. The van der Waals surface area contributed by atoms with Crippen LogP contribution >= 0.6 is 0 Å². The number of hydrogen-bond acceptors (Lipinski definition) is 5. The van der Waals surface area contributed by atoms with E-state index >= 15 is 0 Å². The zero-order valence-electron chi connectivity index (χ0n) is 13.1. The number of piperidine rings is 1. The average molecular weight is 342 g/mol. The molecular weight excluding hydrogens is 322 g/mol. The van der Waals surface area contributed by atoms with Crippen LogP contribution in [-0.2, 0) is 11.3 Å². The molecule has 0 bridgehead atoms. The molecule has 3 heterocycles. The number of aliphatic hydroxyl groups is 1. The van der Waals surface area contributed by atoms with Gasteiger partial charge in [-0.3, -0.25) is 14.3 Å². The van der Waals surface area contributed by atoms with Gasteiger partial charge in [0, 0.05) is 51.4 Å². The van der Waals surface area contributed by atoms with Crippen molar-refractivity contribution in [2.24, 2.45) is 0 Å². The van der Waals surface area contributed by atoms with E-state index in [4.69, 9.17) is 0 Å². The number of likely N-dealkylation sites (tertiary alicyclic amines) is 2. The van der Waals surface area contributed by atoms with E-state index in [1.165, 1.54) is 21.9 Å². The number of aliphatic hydroxyl groups excluding tert-OH is 1. The molecule has 2 saturated heterocycles. The van der Waals surface area contributed by atoms with Gasteiger partial charge in [-0.1, -0.05) is 0 Å². The van der Waals surface area contributed by atoms with E-state index < -0.39 is 17.7 Å². The van der Waals surface area contributed by atoms with Gasteiger partial charge in [0.25, 0.3) is 5.92 Å². The standard InChI is InChI=1S/C15H20F2N4O3/c16-15(17)2-6-19(7-3-15)11-8-21(9-12(11)22)13(23)10-20-5-1-4-18-14(20)24/h1,4-5,11-12,22H,2-3,6-10H2/t11-,12-/m1/s1. The van der Waals surface area contributed by atoms with E-state index in [-0.39, 0.29) is 57.5 Å². The Labute approximate surface area is 137 Å². The number of β-amino-alcohol motifs (C(OH)–C–C–N with tert-alkyl or cyclic N) is 1. The van der Waals surface area contributed by atoms with Crippen LogP contribution in [-0.4, -0.2) is 74.6 Å². The van der Waals surface area contributed by atoms with Crippen LogP contribution in [0.15, 0.2) is 23.3 Å². The Hall–Kier alpha value is -1.87. The number of carbonyl (C=O) groups is 1. The van der Waals surface area contributed by atoms with Crippen LogP contribution in [0, 0.1) is 0 Å². The summed E-state index contributed by atoms with van der Waals surface area (Å²) < 4.78 is 27.7. The monoisotopic (exact) mass is 342 g/mol. The number of hydrogen-bond donors (Lipinski definition) is 1. The van der Waals surface area contributed by atoms with Crippen molar-refractivity contribution in [1.29, 1.82) is 0 Å². The zero-order chi connectivity index (χ0) is 17.3. The molecule has 0 spiro atoms. The number of alkyl halides is 2. The van der Waals surface area contributed by atoms with E-state index in [1.54, 1.807) is 6.07 Å². The van der Waals surface area contributed by atoms with Gasteiger partial charge in [-0.25, -0.2) is 18.6 Å². The topological polar surface area (TPSA) is 78.7 Å². The highest BCUT2D eigenvalue weighted by molar-refractivity contribution is 5.76. The van der Waals surface area contributed by atoms with E-state index in [2.05, 4.69) is 4.98 Å². The Bertz CT molecular complexity index is 656. The van der Waals surface area contributed by atoms with Crippen molar-refractivity contribution in [3.8, 4) is 0 Å². The number of carbonyl (C=O) groups excluding carboxylic acids is 1. The van der Waals surface area contributed by atoms with Crippen molar-refractivity contribution < 1.29 is 18.7 Å². The third kappa shape index (κ3) is 3.62. The fraction of sp³-hybridized carbons (Fsp3) is 0.667. The Kier molecular flexibility index (Phi) is 4.64. The minimum absolute atomic E-state index is 0.144. The summed E-state index contributed by atoms with van der Waals surface area (Å²) in [4.78, 5) is 30.8. The van der Waals surface area contributed by atoms with Crippen LogP contribution in [0.25, 0.3) is 0 Å². The number of nitrogens with zero attached hydrogens (tertiary/aromatic N) is 4. The van der Waals surface area contributed by atoms with Crippen LogP contribution in [0.2, 0.25) is 0 Å². The number of amides is 1. The van der Waals surface area contributed by atoms with Crippen molar-refractivity contribution in [2.75, 3.05) is 26.2 Å². The molecule has 7 nitrogen and oxygen atoms in total. The molecule has 24 heavy (non-hydrogen) atoms. The van der Waals surface area contributed by atoms with Gasteiger partial charge in [-0.15, -0.1) is 0 Å². The highest BCUT2D eigenvalue weighted by atomic mass is 19.3. The molecule has 0 saturated carbocycles. The fourth-order valence-electron chi connectivity index (χ4n) is 3.27. The molecule has 0 aliphatic carbocycles. The highest BCUT2D eigenvalue weighted by Gasteiger charge is 2.42. The predicted octanol–water partition coefficient (Wildman–Crippen LogP) is -0.454. The number of rotatable bonds is 3. The zero-order valence-corrected chi connectivity index (χ0v) is 13.1. The predicted molar refractivity (Wildman–Crippen MR) is 80.6 cm³/mol. The molecule has 1 aromatic heterocycles. The number of halogens is 2. The first-order valence-electron chi connectivity index (χ1n) is 7.95. The summed E-state index contributed by atoms with van der Waals surface area (Å²) in [7, 11) is 0. The van der Waals surface area contributed by atoms with Crippen LogP contribution in [0.3, 0.4) is 0 Å². The molecule has 2 fully saturated rings. The van der Waals surface area contributed by atoms with Gasteiger partial charge in [0.15, 0.2) is 0 Å². The van der Waals surface area contributed by atoms with Gasteiger partial charge in [0.2, 0.25) is 5.91 Å².